The van der Waals surface area contributed by atoms with Gasteiger partial charge in [-0.05, 0) is 6.92 Å². The lowest BCUT2D eigenvalue weighted by Crippen LogP contribution is -2.25. The van der Waals surface area contributed by atoms with E-state index in [1.807, 2.05) is 13.8 Å². The lowest BCUT2D eigenvalue weighted by Gasteiger charge is -2.16. The largest absolute Gasteiger partial charge is 0.391 e. The highest BCUT2D eigenvalue weighted by atomic mass is 19.4. The van der Waals surface area contributed by atoms with Gasteiger partial charge in [-0.3, -0.25) is 4.79 Å². The maximum absolute atomic E-state index is 12.2. The van der Waals surface area contributed by atoms with Gasteiger partial charge < -0.3 is 10.3 Å². The number of hydrogen-bond donors (Lipinski definition) is 2. The number of H-pyrrole nitrogens is 1. The van der Waals surface area contributed by atoms with E-state index in [9.17, 15) is 18.0 Å². The third-order valence-corrected chi connectivity index (χ3v) is 2.24. The predicted molar refractivity (Wildman–Crippen MR) is 62.7 cm³/mol. The number of hydrogen-bond acceptors (Lipinski definition) is 3. The molecule has 7 heteroatoms. The summed E-state index contributed by atoms with van der Waals surface area (Å²) in [7, 11) is 0. The topological polar surface area (TPSA) is 57.8 Å². The van der Waals surface area contributed by atoms with Crippen LogP contribution in [0.15, 0.2) is 10.9 Å². The molecule has 1 unspecified atom stereocenters. The zero-order valence-electron chi connectivity index (χ0n) is 10.4. The summed E-state index contributed by atoms with van der Waals surface area (Å²) in [4.78, 5) is 17.9. The Kier molecular flexibility index (Phi) is 4.37. The van der Waals surface area contributed by atoms with Crippen LogP contribution in [0.4, 0.5) is 19.0 Å². The number of anilines is 1. The minimum atomic E-state index is -4.24. The van der Waals surface area contributed by atoms with E-state index < -0.39 is 18.6 Å². The molecule has 0 radical (unpaired) electrons. The molecule has 0 aromatic carbocycles. The van der Waals surface area contributed by atoms with Crippen LogP contribution in [-0.2, 0) is 0 Å². The van der Waals surface area contributed by atoms with Crippen LogP contribution >= 0.6 is 0 Å². The summed E-state index contributed by atoms with van der Waals surface area (Å²) in [6.45, 7) is 5.06. The minimum Gasteiger partial charge on any atom is -0.367 e. The smallest absolute Gasteiger partial charge is 0.367 e. The molecule has 0 amide bonds. The summed E-state index contributed by atoms with van der Waals surface area (Å²) in [5.41, 5.74) is -0.379. The quantitative estimate of drug-likeness (QED) is 0.878. The third kappa shape index (κ3) is 4.77. The van der Waals surface area contributed by atoms with Gasteiger partial charge in [0.1, 0.15) is 11.6 Å². The minimum absolute atomic E-state index is 0.00243. The Labute approximate surface area is 103 Å². The van der Waals surface area contributed by atoms with E-state index in [2.05, 4.69) is 15.3 Å². The van der Waals surface area contributed by atoms with Crippen LogP contribution in [0.1, 0.15) is 38.9 Å². The van der Waals surface area contributed by atoms with E-state index in [1.54, 1.807) is 0 Å². The molecule has 1 heterocycles. The van der Waals surface area contributed by atoms with Crippen LogP contribution in [0, 0.1) is 0 Å². The summed E-state index contributed by atoms with van der Waals surface area (Å²) in [6, 6.07) is 0.318. The average molecular weight is 263 g/mol. The van der Waals surface area contributed by atoms with Crippen molar-refractivity contribution >= 4 is 5.82 Å². The molecule has 102 valence electrons. The monoisotopic (exact) mass is 263 g/mol. The molecule has 4 nitrogen and oxygen atoms in total. The van der Waals surface area contributed by atoms with E-state index in [-0.39, 0.29) is 17.3 Å². The van der Waals surface area contributed by atoms with Crippen molar-refractivity contribution in [2.45, 2.75) is 45.3 Å². The molecule has 0 fully saturated rings. The van der Waals surface area contributed by atoms with E-state index in [0.29, 0.717) is 5.82 Å². The second kappa shape index (κ2) is 5.41. The summed E-state index contributed by atoms with van der Waals surface area (Å²) < 4.78 is 36.5. The van der Waals surface area contributed by atoms with Crippen LogP contribution in [0.25, 0.3) is 0 Å². The number of nitrogens with zero attached hydrogens (tertiary/aromatic N) is 1. The molecule has 1 aromatic rings. The molecule has 2 N–H and O–H groups in total. The van der Waals surface area contributed by atoms with Crippen molar-refractivity contribution in [1.82, 2.24) is 9.97 Å². The zero-order chi connectivity index (χ0) is 13.9. The van der Waals surface area contributed by atoms with Crippen LogP contribution in [0.5, 0.6) is 0 Å². The van der Waals surface area contributed by atoms with Crippen LogP contribution in [-0.4, -0.2) is 22.2 Å². The number of alkyl halides is 3. The third-order valence-electron chi connectivity index (χ3n) is 2.24. The second-order valence-corrected chi connectivity index (χ2v) is 4.54. The molecule has 0 bridgehead atoms. The Morgan fingerprint density at radius 1 is 1.39 bits per heavy atom. The molecule has 0 aliphatic heterocycles. The van der Waals surface area contributed by atoms with Crippen molar-refractivity contribution in [3.8, 4) is 0 Å². The Hall–Kier alpha value is -1.53. The number of rotatable bonds is 4. The summed E-state index contributed by atoms with van der Waals surface area (Å²) in [6.07, 6.45) is -5.22. The second-order valence-electron chi connectivity index (χ2n) is 4.54. The molecule has 0 spiro atoms. The van der Waals surface area contributed by atoms with Crippen LogP contribution in [0.2, 0.25) is 0 Å². The van der Waals surface area contributed by atoms with Gasteiger partial charge >= 0.3 is 6.18 Å². The van der Waals surface area contributed by atoms with Gasteiger partial charge in [-0.2, -0.15) is 13.2 Å². The molecular weight excluding hydrogens is 247 g/mol. The fraction of sp³-hybridized carbons (Fsp3) is 0.636. The molecule has 1 aromatic heterocycles. The summed E-state index contributed by atoms with van der Waals surface area (Å²) >= 11 is 0. The SMILES string of the molecule is CC(CC(F)(F)F)Nc1cc(=O)[nH]c(C(C)C)n1. The van der Waals surface area contributed by atoms with Crippen LogP contribution < -0.4 is 10.9 Å². The van der Waals surface area contributed by atoms with Crippen molar-refractivity contribution in [2.24, 2.45) is 0 Å². The highest BCUT2D eigenvalue weighted by Crippen LogP contribution is 2.22. The van der Waals surface area contributed by atoms with Gasteiger partial charge in [-0.15, -0.1) is 0 Å². The predicted octanol–water partition coefficient (Wildman–Crippen LogP) is 2.65. The number of aromatic amines is 1. The van der Waals surface area contributed by atoms with Crippen molar-refractivity contribution < 1.29 is 13.2 Å². The Balaban J connectivity index is 2.81. The maximum Gasteiger partial charge on any atom is 0.391 e. The number of aromatic nitrogens is 2. The summed E-state index contributed by atoms with van der Waals surface area (Å²) in [5, 5.41) is 2.58. The van der Waals surface area contributed by atoms with Crippen molar-refractivity contribution in [3.63, 3.8) is 0 Å². The molecule has 0 saturated heterocycles. The van der Waals surface area contributed by atoms with E-state index in [4.69, 9.17) is 0 Å². The Morgan fingerprint density at radius 2 is 2.00 bits per heavy atom. The van der Waals surface area contributed by atoms with Crippen molar-refractivity contribution in [1.29, 1.82) is 0 Å². The molecule has 18 heavy (non-hydrogen) atoms. The fourth-order valence-corrected chi connectivity index (χ4v) is 1.47. The lowest BCUT2D eigenvalue weighted by molar-refractivity contribution is -0.136. The van der Waals surface area contributed by atoms with Gasteiger partial charge in [0.05, 0.1) is 6.42 Å². The van der Waals surface area contributed by atoms with Gasteiger partial charge in [0, 0.05) is 18.0 Å². The first-order valence-electron chi connectivity index (χ1n) is 5.62. The molecule has 1 atom stereocenters. The number of halogens is 3. The summed E-state index contributed by atoms with van der Waals surface area (Å²) in [5.74, 6) is 0.612. The average Bonchev–Trinajstić information content (AvgIpc) is 2.12. The number of nitrogens with one attached hydrogen (secondary N) is 2. The maximum atomic E-state index is 12.2. The van der Waals surface area contributed by atoms with Gasteiger partial charge in [0.2, 0.25) is 0 Å². The highest BCUT2D eigenvalue weighted by Gasteiger charge is 2.30. The van der Waals surface area contributed by atoms with Gasteiger partial charge in [0.15, 0.2) is 0 Å². The molecule has 1 rings (SSSR count). The van der Waals surface area contributed by atoms with Crippen LogP contribution in [0.3, 0.4) is 0 Å². The van der Waals surface area contributed by atoms with Gasteiger partial charge in [-0.1, -0.05) is 13.8 Å². The highest BCUT2D eigenvalue weighted by molar-refractivity contribution is 5.34. The van der Waals surface area contributed by atoms with Gasteiger partial charge in [-0.25, -0.2) is 4.98 Å². The first-order chi connectivity index (χ1) is 8.17. The molecule has 0 aliphatic rings. The van der Waals surface area contributed by atoms with Crippen molar-refractivity contribution in [2.75, 3.05) is 5.32 Å². The standard InChI is InChI=1S/C11H16F3N3O/c1-6(2)10-16-8(4-9(18)17-10)15-7(3)5-11(12,13)14/h4,6-7H,5H2,1-3H3,(H2,15,16,17,18). The Morgan fingerprint density at radius 3 is 2.50 bits per heavy atom. The van der Waals surface area contributed by atoms with E-state index in [0.717, 1.165) is 6.07 Å². The van der Waals surface area contributed by atoms with E-state index in [1.165, 1.54) is 6.92 Å². The van der Waals surface area contributed by atoms with Crippen molar-refractivity contribution in [3.05, 3.63) is 22.2 Å². The normalized spacial score (nSPS) is 13.7. The molecule has 0 saturated carbocycles. The fourth-order valence-electron chi connectivity index (χ4n) is 1.47. The Bertz CT molecular complexity index is 454. The molecule has 0 aliphatic carbocycles. The molecular formula is C11H16F3N3O. The zero-order valence-corrected chi connectivity index (χ0v) is 10.4. The first-order valence-corrected chi connectivity index (χ1v) is 5.62. The van der Waals surface area contributed by atoms with Gasteiger partial charge in [0.25, 0.3) is 5.56 Å². The van der Waals surface area contributed by atoms with E-state index >= 15 is 0 Å². The first kappa shape index (κ1) is 14.5. The lowest BCUT2D eigenvalue weighted by atomic mass is 10.2.